The first-order chi connectivity index (χ1) is 15.4. The number of aromatic nitrogens is 1. The SMILES string of the molecule is Cc1cc(F)c(C2CC=NN2C(=O)[C@H]2CC3(COc4ccc(C#N)cn4)CC2C3)cc1F. The molecule has 3 aliphatic carbocycles. The number of ether oxygens (including phenoxy) is 1. The van der Waals surface area contributed by atoms with E-state index in [9.17, 15) is 13.6 Å². The minimum absolute atomic E-state index is 0.0826. The van der Waals surface area contributed by atoms with E-state index in [2.05, 4.69) is 10.1 Å². The monoisotopic (exact) mass is 436 g/mol. The molecule has 6 nitrogen and oxygen atoms in total. The highest BCUT2D eigenvalue weighted by Crippen LogP contribution is 2.62. The van der Waals surface area contributed by atoms with E-state index in [1.807, 2.05) is 6.07 Å². The summed E-state index contributed by atoms with van der Waals surface area (Å²) in [6, 6.07) is 7.07. The van der Waals surface area contributed by atoms with Crippen molar-refractivity contribution in [3.63, 3.8) is 0 Å². The van der Waals surface area contributed by atoms with Gasteiger partial charge in [-0.3, -0.25) is 4.79 Å². The number of carbonyl (C=O) groups is 1. The van der Waals surface area contributed by atoms with Gasteiger partial charge in [0, 0.05) is 41.8 Å². The largest absolute Gasteiger partial charge is 0.477 e. The van der Waals surface area contributed by atoms with Gasteiger partial charge < -0.3 is 4.74 Å². The average Bonchev–Trinajstić information content (AvgIpc) is 3.48. The van der Waals surface area contributed by atoms with Crippen molar-refractivity contribution < 1.29 is 18.3 Å². The van der Waals surface area contributed by atoms with Gasteiger partial charge in [-0.1, -0.05) is 0 Å². The Morgan fingerprint density at radius 1 is 1.28 bits per heavy atom. The number of nitrogens with zero attached hydrogens (tertiary/aromatic N) is 4. The van der Waals surface area contributed by atoms with Gasteiger partial charge >= 0.3 is 0 Å². The number of hydrogen-bond donors (Lipinski definition) is 0. The fraction of sp³-hybridized carbons (Fsp3) is 0.417. The molecule has 3 saturated carbocycles. The molecule has 32 heavy (non-hydrogen) atoms. The molecule has 0 N–H and O–H groups in total. The molecule has 1 unspecified atom stereocenters. The summed E-state index contributed by atoms with van der Waals surface area (Å²) < 4.78 is 34.5. The lowest BCUT2D eigenvalue weighted by Crippen LogP contribution is -2.36. The molecule has 3 fully saturated rings. The zero-order valence-electron chi connectivity index (χ0n) is 17.6. The molecule has 1 aromatic heterocycles. The summed E-state index contributed by atoms with van der Waals surface area (Å²) in [7, 11) is 0. The van der Waals surface area contributed by atoms with Crippen molar-refractivity contribution >= 4 is 12.1 Å². The molecule has 4 aliphatic rings. The smallest absolute Gasteiger partial charge is 0.246 e. The van der Waals surface area contributed by atoms with Crippen LogP contribution in [0.5, 0.6) is 5.88 Å². The minimum atomic E-state index is -0.620. The third-order valence-corrected chi connectivity index (χ3v) is 7.01. The van der Waals surface area contributed by atoms with Crippen molar-refractivity contribution in [1.82, 2.24) is 9.99 Å². The topological polar surface area (TPSA) is 78.6 Å². The zero-order valence-corrected chi connectivity index (χ0v) is 17.6. The first-order valence-corrected chi connectivity index (χ1v) is 10.7. The molecule has 1 aliphatic heterocycles. The van der Waals surface area contributed by atoms with Crippen molar-refractivity contribution in [3.05, 3.63) is 58.8 Å². The summed E-state index contributed by atoms with van der Waals surface area (Å²) in [4.78, 5) is 17.5. The molecule has 2 aromatic rings. The van der Waals surface area contributed by atoms with Gasteiger partial charge in [-0.15, -0.1) is 0 Å². The van der Waals surface area contributed by atoms with Crippen molar-refractivity contribution in [2.45, 2.75) is 38.6 Å². The number of aryl methyl sites for hydroxylation is 1. The molecule has 0 radical (unpaired) electrons. The lowest BCUT2D eigenvalue weighted by Gasteiger charge is -2.38. The van der Waals surface area contributed by atoms with Crippen molar-refractivity contribution in [2.24, 2.45) is 22.4 Å². The van der Waals surface area contributed by atoms with Crippen LogP contribution in [-0.2, 0) is 4.79 Å². The fourth-order valence-electron chi connectivity index (χ4n) is 5.33. The molecule has 1 aromatic carbocycles. The van der Waals surface area contributed by atoms with Crippen LogP contribution in [0.3, 0.4) is 0 Å². The Hall–Kier alpha value is -3.34. The molecule has 2 bridgehead atoms. The maximum Gasteiger partial charge on any atom is 0.246 e. The second-order valence-corrected chi connectivity index (χ2v) is 9.12. The van der Waals surface area contributed by atoms with E-state index in [4.69, 9.17) is 10.00 Å². The van der Waals surface area contributed by atoms with Crippen molar-refractivity contribution in [1.29, 1.82) is 5.26 Å². The van der Waals surface area contributed by atoms with Crippen LogP contribution in [0.1, 0.15) is 48.4 Å². The van der Waals surface area contributed by atoms with Crippen LogP contribution >= 0.6 is 0 Å². The number of carbonyl (C=O) groups excluding carboxylic acids is 1. The van der Waals surface area contributed by atoms with Gasteiger partial charge in [0.05, 0.1) is 18.2 Å². The van der Waals surface area contributed by atoms with E-state index in [-0.39, 0.29) is 34.3 Å². The van der Waals surface area contributed by atoms with Gasteiger partial charge in [0.2, 0.25) is 11.8 Å². The highest BCUT2D eigenvalue weighted by atomic mass is 19.1. The van der Waals surface area contributed by atoms with Gasteiger partial charge in [-0.2, -0.15) is 10.4 Å². The molecule has 2 atom stereocenters. The number of rotatable bonds is 5. The first kappa shape index (κ1) is 20.6. The van der Waals surface area contributed by atoms with E-state index < -0.39 is 17.7 Å². The summed E-state index contributed by atoms with van der Waals surface area (Å²) in [6.45, 7) is 1.97. The lowest BCUT2D eigenvalue weighted by molar-refractivity contribution is -0.138. The Labute approximate surface area is 184 Å². The van der Waals surface area contributed by atoms with Crippen molar-refractivity contribution in [3.8, 4) is 11.9 Å². The Kier molecular flexibility index (Phi) is 4.92. The van der Waals surface area contributed by atoms with E-state index in [0.29, 0.717) is 30.9 Å². The van der Waals surface area contributed by atoms with E-state index in [0.717, 1.165) is 12.8 Å². The highest BCUT2D eigenvalue weighted by molar-refractivity contribution is 5.83. The second-order valence-electron chi connectivity index (χ2n) is 9.12. The molecule has 0 saturated heterocycles. The molecule has 2 heterocycles. The number of amides is 1. The summed E-state index contributed by atoms with van der Waals surface area (Å²) >= 11 is 0. The number of hydrogen-bond acceptors (Lipinski definition) is 5. The molecule has 164 valence electrons. The van der Waals surface area contributed by atoms with Crippen LogP contribution in [0.4, 0.5) is 8.78 Å². The third-order valence-electron chi connectivity index (χ3n) is 7.01. The van der Waals surface area contributed by atoms with Gasteiger partial charge in [0.25, 0.3) is 0 Å². The van der Waals surface area contributed by atoms with Crippen molar-refractivity contribution in [2.75, 3.05) is 6.61 Å². The third kappa shape index (κ3) is 3.42. The van der Waals surface area contributed by atoms with Crippen LogP contribution in [0.15, 0.2) is 35.6 Å². The van der Waals surface area contributed by atoms with Crippen LogP contribution < -0.4 is 4.74 Å². The van der Waals surface area contributed by atoms with Crippen LogP contribution in [0, 0.1) is 47.1 Å². The molecular weight excluding hydrogens is 414 g/mol. The molecule has 8 heteroatoms. The first-order valence-electron chi connectivity index (χ1n) is 10.7. The maximum absolute atomic E-state index is 14.6. The molecule has 0 spiro atoms. The number of benzene rings is 1. The number of pyridine rings is 1. The standard InChI is InChI=1S/C24H22F2N4O2/c1-14-6-20(26)17(7-19(14)25)21-4-5-29-30(21)23(31)18-10-24(8-16(18)9-24)13-32-22-3-2-15(11-27)12-28-22/h2-3,5-7,12,16,18,21H,4,8-10,13H2,1H3/t16?,18-,21?,24?/m0/s1. The summed E-state index contributed by atoms with van der Waals surface area (Å²) in [5, 5.41) is 14.4. The maximum atomic E-state index is 14.6. The van der Waals surface area contributed by atoms with E-state index in [1.165, 1.54) is 30.3 Å². The highest BCUT2D eigenvalue weighted by Gasteiger charge is 2.59. The average molecular weight is 436 g/mol. The Balaban J connectivity index is 1.26. The van der Waals surface area contributed by atoms with E-state index >= 15 is 0 Å². The van der Waals surface area contributed by atoms with Crippen LogP contribution in [-0.4, -0.2) is 28.7 Å². The summed E-state index contributed by atoms with van der Waals surface area (Å²) in [5.74, 6) is -0.647. The van der Waals surface area contributed by atoms with E-state index in [1.54, 1.807) is 18.3 Å². The van der Waals surface area contributed by atoms with Gasteiger partial charge in [-0.25, -0.2) is 18.8 Å². The number of nitriles is 1. The Morgan fingerprint density at radius 3 is 2.81 bits per heavy atom. The molecule has 6 rings (SSSR count). The van der Waals surface area contributed by atoms with Gasteiger partial charge in [0.15, 0.2) is 0 Å². The number of hydrazone groups is 1. The zero-order chi connectivity index (χ0) is 22.5. The second kappa shape index (κ2) is 7.66. The molecule has 1 amide bonds. The van der Waals surface area contributed by atoms with Crippen LogP contribution in [0.25, 0.3) is 0 Å². The Morgan fingerprint density at radius 2 is 2.09 bits per heavy atom. The summed E-state index contributed by atoms with van der Waals surface area (Å²) in [6.07, 6.45) is 5.87. The van der Waals surface area contributed by atoms with Gasteiger partial charge in [-0.05, 0) is 55.9 Å². The Bertz CT molecular complexity index is 1140. The predicted molar refractivity (Wildman–Crippen MR) is 112 cm³/mol. The lowest BCUT2D eigenvalue weighted by atomic mass is 9.70. The normalized spacial score (nSPS) is 27.8. The van der Waals surface area contributed by atoms with Crippen LogP contribution in [0.2, 0.25) is 0 Å². The number of halogens is 2. The summed E-state index contributed by atoms with van der Waals surface area (Å²) in [5.41, 5.74) is 0.782. The quantitative estimate of drug-likeness (QED) is 0.700. The number of fused-ring (bicyclic) bond motifs is 1. The van der Waals surface area contributed by atoms with Gasteiger partial charge in [0.1, 0.15) is 17.7 Å². The molecular formula is C24H22F2N4O2. The fourth-order valence-corrected chi connectivity index (χ4v) is 5.33. The predicted octanol–water partition coefficient (Wildman–Crippen LogP) is 4.29. The minimum Gasteiger partial charge on any atom is -0.477 e.